The van der Waals surface area contributed by atoms with Gasteiger partial charge in [0, 0.05) is 5.92 Å². The van der Waals surface area contributed by atoms with Crippen LogP contribution in [0.15, 0.2) is 151 Å². The number of imide groups is 1. The molecule has 5 aromatic carbocycles. The molecule has 2 saturated heterocycles. The minimum absolute atomic E-state index is 0.169. The summed E-state index contributed by atoms with van der Waals surface area (Å²) in [4.78, 5) is 30.1. The predicted molar refractivity (Wildman–Crippen MR) is 226 cm³/mol. The van der Waals surface area contributed by atoms with Gasteiger partial charge in [-0.1, -0.05) is 142 Å². The van der Waals surface area contributed by atoms with E-state index < -0.39 is 26.0 Å². The molecule has 0 bridgehead atoms. The van der Waals surface area contributed by atoms with Gasteiger partial charge in [-0.15, -0.1) is 0 Å². The fraction of sp³-hybridized carbons (Fsp3) is 0.265. The van der Waals surface area contributed by atoms with Crippen molar-refractivity contribution in [2.24, 2.45) is 17.8 Å². The molecule has 0 unspecified atom stereocenters. The van der Waals surface area contributed by atoms with Gasteiger partial charge in [-0.2, -0.15) is 0 Å². The molecule has 0 aromatic heterocycles. The van der Waals surface area contributed by atoms with E-state index in [1.165, 1.54) is 27.4 Å². The Morgan fingerprint density at radius 3 is 2.02 bits per heavy atom. The number of amides is 2. The van der Waals surface area contributed by atoms with Crippen LogP contribution < -0.4 is 15.3 Å². The van der Waals surface area contributed by atoms with Crippen LogP contribution in [0.4, 0.5) is 10.1 Å². The molecule has 4 atom stereocenters. The van der Waals surface area contributed by atoms with Crippen molar-refractivity contribution in [3.8, 4) is 5.75 Å². The summed E-state index contributed by atoms with van der Waals surface area (Å²) in [5, 5.41) is 11.9. The van der Waals surface area contributed by atoms with Crippen molar-refractivity contribution in [2.75, 3.05) is 18.1 Å². The Hall–Kier alpha value is -5.41. The molecular formula is C49H48FNO5Si. The van der Waals surface area contributed by atoms with Gasteiger partial charge in [-0.05, 0) is 86.8 Å². The Kier molecular flexibility index (Phi) is 10.7. The van der Waals surface area contributed by atoms with Crippen LogP contribution >= 0.6 is 0 Å². The molecule has 3 aliphatic rings. The number of benzene rings is 5. The summed E-state index contributed by atoms with van der Waals surface area (Å²) in [7, 11) is -2.96. The molecule has 57 heavy (non-hydrogen) atoms. The zero-order chi connectivity index (χ0) is 39.7. The normalized spacial score (nSPS) is 21.2. The number of phenols is 1. The van der Waals surface area contributed by atoms with E-state index in [2.05, 4.69) is 69.3 Å². The molecule has 2 aliphatic heterocycles. The second kappa shape index (κ2) is 15.9. The molecular weight excluding hydrogens is 730 g/mol. The van der Waals surface area contributed by atoms with Crippen LogP contribution in [0.2, 0.25) is 5.04 Å². The SMILES string of the molecule is CC(C)(C)[Si](OCC1=C2[C@@H](CC/C(=C/c3ccc(O)c(F)c3)c3ccccc3)OC[C@@H]2[C@@H]2C(=O)N(c3ccccc3)C(=O)[C@@H]2C1)(c1ccccc1)c1ccccc1. The third-order valence-corrected chi connectivity index (χ3v) is 17.0. The third-order valence-electron chi connectivity index (χ3n) is 12.0. The number of allylic oxidation sites excluding steroid dienone is 1. The molecule has 2 amide bonds. The average molecular weight is 778 g/mol. The number of nitrogens with zero attached hydrogens (tertiary/aromatic N) is 1. The third kappa shape index (κ3) is 7.22. The van der Waals surface area contributed by atoms with Crippen molar-refractivity contribution in [1.29, 1.82) is 0 Å². The summed E-state index contributed by atoms with van der Waals surface area (Å²) in [6, 6.07) is 44.7. The molecule has 1 aliphatic carbocycles. The average Bonchev–Trinajstić information content (AvgIpc) is 3.76. The summed E-state index contributed by atoms with van der Waals surface area (Å²) < 4.78 is 28.7. The number of hydrogen-bond donors (Lipinski definition) is 1. The zero-order valence-electron chi connectivity index (χ0n) is 32.6. The Bertz CT molecular complexity index is 2270. The minimum atomic E-state index is -2.96. The summed E-state index contributed by atoms with van der Waals surface area (Å²) in [5.74, 6) is -2.72. The smallest absolute Gasteiger partial charge is 0.261 e. The van der Waals surface area contributed by atoms with E-state index in [0.717, 1.165) is 22.3 Å². The van der Waals surface area contributed by atoms with Crippen molar-refractivity contribution >= 4 is 47.8 Å². The molecule has 0 saturated carbocycles. The van der Waals surface area contributed by atoms with Crippen molar-refractivity contribution in [3.05, 3.63) is 168 Å². The Morgan fingerprint density at radius 2 is 1.42 bits per heavy atom. The second-order valence-corrected chi connectivity index (χ2v) is 20.7. The number of phenolic OH excluding ortho intramolecular Hbond substituents is 1. The van der Waals surface area contributed by atoms with Gasteiger partial charge in [0.1, 0.15) is 0 Å². The molecule has 5 aromatic rings. The summed E-state index contributed by atoms with van der Waals surface area (Å²) in [6.45, 7) is 7.41. The number of carbonyl (C=O) groups excluding carboxylic acids is 2. The Labute approximate surface area is 335 Å². The number of carbonyl (C=O) groups is 2. The van der Waals surface area contributed by atoms with E-state index in [9.17, 15) is 19.1 Å². The molecule has 8 rings (SSSR count). The number of hydrogen-bond acceptors (Lipinski definition) is 5. The lowest BCUT2D eigenvalue weighted by molar-refractivity contribution is -0.122. The van der Waals surface area contributed by atoms with Crippen LogP contribution in [0.3, 0.4) is 0 Å². The van der Waals surface area contributed by atoms with E-state index in [0.29, 0.717) is 43.7 Å². The highest BCUT2D eigenvalue weighted by Gasteiger charge is 2.58. The first-order chi connectivity index (χ1) is 27.6. The van der Waals surface area contributed by atoms with Crippen molar-refractivity contribution in [1.82, 2.24) is 0 Å². The molecule has 2 heterocycles. The molecule has 6 nitrogen and oxygen atoms in total. The topological polar surface area (TPSA) is 76.1 Å². The predicted octanol–water partition coefficient (Wildman–Crippen LogP) is 8.95. The lowest BCUT2D eigenvalue weighted by atomic mass is 9.69. The largest absolute Gasteiger partial charge is 0.505 e. The molecule has 8 heteroatoms. The second-order valence-electron chi connectivity index (χ2n) is 16.4. The lowest BCUT2D eigenvalue weighted by Gasteiger charge is -2.44. The van der Waals surface area contributed by atoms with E-state index in [-0.39, 0.29) is 34.6 Å². The monoisotopic (exact) mass is 777 g/mol. The first-order valence-electron chi connectivity index (χ1n) is 19.8. The van der Waals surface area contributed by atoms with E-state index >= 15 is 0 Å². The maximum absolute atomic E-state index is 14.5. The Morgan fingerprint density at radius 1 is 0.825 bits per heavy atom. The fourth-order valence-electron chi connectivity index (χ4n) is 9.45. The molecule has 1 N–H and O–H groups in total. The van der Waals surface area contributed by atoms with Gasteiger partial charge in [-0.25, -0.2) is 4.39 Å². The van der Waals surface area contributed by atoms with E-state index in [1.54, 1.807) is 6.07 Å². The maximum Gasteiger partial charge on any atom is 0.261 e. The van der Waals surface area contributed by atoms with E-state index in [4.69, 9.17) is 9.16 Å². The summed E-state index contributed by atoms with van der Waals surface area (Å²) in [6.07, 6.45) is 3.27. The van der Waals surface area contributed by atoms with Crippen molar-refractivity contribution in [2.45, 2.75) is 51.2 Å². The number of anilines is 1. The number of halogens is 1. The Balaban J connectivity index is 1.19. The number of rotatable bonds is 11. The van der Waals surface area contributed by atoms with Crippen LogP contribution in [0.25, 0.3) is 11.6 Å². The molecule has 0 radical (unpaired) electrons. The van der Waals surface area contributed by atoms with Crippen LogP contribution in [-0.4, -0.2) is 44.6 Å². The summed E-state index contributed by atoms with van der Waals surface area (Å²) >= 11 is 0. The van der Waals surface area contributed by atoms with Crippen LogP contribution in [0, 0.1) is 23.6 Å². The van der Waals surface area contributed by atoms with Crippen LogP contribution in [0.5, 0.6) is 5.75 Å². The van der Waals surface area contributed by atoms with Gasteiger partial charge >= 0.3 is 0 Å². The van der Waals surface area contributed by atoms with Gasteiger partial charge in [0.05, 0.1) is 36.8 Å². The van der Waals surface area contributed by atoms with Gasteiger partial charge in [0.2, 0.25) is 11.8 Å². The highest BCUT2D eigenvalue weighted by molar-refractivity contribution is 6.99. The van der Waals surface area contributed by atoms with Crippen molar-refractivity contribution < 1.29 is 28.2 Å². The minimum Gasteiger partial charge on any atom is -0.505 e. The number of fused-ring (bicyclic) bond motifs is 3. The van der Waals surface area contributed by atoms with Gasteiger partial charge < -0.3 is 14.3 Å². The highest BCUT2D eigenvalue weighted by atomic mass is 28.4. The maximum atomic E-state index is 14.5. The standard InChI is InChI=1S/C49H48FNO5Si/c1-49(2,3)57(38-20-12-6-13-21-38,39-22-14-7-15-23-39)56-31-36-30-40-46(48(54)51(47(40)53)37-18-10-5-11-19-37)41-32-55-44(45(36)41)27-25-35(34-16-8-4-9-17-34)28-33-24-26-43(52)42(50)29-33/h4-24,26,28-29,40-41,44,46,52H,25,27,30-32H2,1-3H3/b35-28-/t40-,41+,44-,46-/m1/s1. The quantitative estimate of drug-likeness (QED) is 0.0628. The number of para-hydroxylation sites is 1. The van der Waals surface area contributed by atoms with Crippen LogP contribution in [-0.2, 0) is 18.8 Å². The van der Waals surface area contributed by atoms with E-state index in [1.807, 2.05) is 78.9 Å². The highest BCUT2D eigenvalue weighted by Crippen LogP contribution is 2.51. The number of ether oxygens (including phenoxy) is 1. The van der Waals surface area contributed by atoms with Crippen molar-refractivity contribution in [3.63, 3.8) is 0 Å². The molecule has 2 fully saturated rings. The molecule has 290 valence electrons. The first kappa shape index (κ1) is 38.5. The van der Waals surface area contributed by atoms with Gasteiger partial charge in [0.15, 0.2) is 11.6 Å². The van der Waals surface area contributed by atoms with Gasteiger partial charge in [0.25, 0.3) is 8.32 Å². The first-order valence-corrected chi connectivity index (χ1v) is 21.7. The zero-order valence-corrected chi connectivity index (χ0v) is 33.6. The fourth-order valence-corrected chi connectivity index (χ4v) is 14.0. The summed E-state index contributed by atoms with van der Waals surface area (Å²) in [5.41, 5.74) is 5.35. The van der Waals surface area contributed by atoms with Gasteiger partial charge in [-0.3, -0.25) is 14.5 Å². The lowest BCUT2D eigenvalue weighted by Crippen LogP contribution is -2.66. The number of aromatic hydroxyl groups is 1. The van der Waals surface area contributed by atoms with Crippen LogP contribution in [0.1, 0.15) is 51.2 Å². The molecule has 0 spiro atoms.